The molecule has 172 valence electrons. The number of benzene rings is 3. The average Bonchev–Trinajstić information content (AvgIpc) is 2.80. The first kappa shape index (κ1) is 24.0. The second-order valence-electron chi connectivity index (χ2n) is 7.77. The molecular formula is C25H26N2O5S. The molecule has 8 heteroatoms. The molecule has 33 heavy (non-hydrogen) atoms. The summed E-state index contributed by atoms with van der Waals surface area (Å²) in [6.07, 6.45) is 0. The van der Waals surface area contributed by atoms with E-state index in [0.29, 0.717) is 23.2 Å². The smallest absolute Gasteiger partial charge is 0.339 e. The van der Waals surface area contributed by atoms with Gasteiger partial charge in [-0.25, -0.2) is 0 Å². The van der Waals surface area contributed by atoms with Crippen LogP contribution in [0.25, 0.3) is 0 Å². The van der Waals surface area contributed by atoms with Gasteiger partial charge in [0.2, 0.25) is 0 Å². The largest absolute Gasteiger partial charge is 0.379 e. The lowest BCUT2D eigenvalue weighted by Crippen LogP contribution is -2.26. The standard InChI is InChI=1S/C25H26N2O5S/c1-17-5-6-18(2)23(15-17)33(30,31)32-22-13-11-21(12-14-22)25(29)27(4)16-19-7-9-20(10-8-19)24(28)26-3/h5-15H,16H2,1-4H3,(H,26,28). The third kappa shape index (κ3) is 5.78. The van der Waals surface area contributed by atoms with Gasteiger partial charge in [-0.3, -0.25) is 9.59 Å². The van der Waals surface area contributed by atoms with Crippen molar-refractivity contribution >= 4 is 21.9 Å². The maximum absolute atomic E-state index is 12.8. The van der Waals surface area contributed by atoms with Gasteiger partial charge in [0.25, 0.3) is 11.8 Å². The van der Waals surface area contributed by atoms with Crippen LogP contribution in [0.4, 0.5) is 0 Å². The van der Waals surface area contributed by atoms with Crippen molar-refractivity contribution in [2.45, 2.75) is 25.3 Å². The molecule has 3 aromatic rings. The van der Waals surface area contributed by atoms with Crippen LogP contribution in [0.15, 0.2) is 71.6 Å². The molecule has 3 rings (SSSR count). The van der Waals surface area contributed by atoms with Crippen LogP contribution in [0.3, 0.4) is 0 Å². The van der Waals surface area contributed by atoms with E-state index in [0.717, 1.165) is 11.1 Å². The van der Waals surface area contributed by atoms with Gasteiger partial charge in [0, 0.05) is 31.8 Å². The zero-order chi connectivity index (χ0) is 24.2. The van der Waals surface area contributed by atoms with Crippen LogP contribution in [0.2, 0.25) is 0 Å². The number of carbonyl (C=O) groups excluding carboxylic acids is 2. The fourth-order valence-electron chi connectivity index (χ4n) is 3.27. The van der Waals surface area contributed by atoms with E-state index in [2.05, 4.69) is 5.32 Å². The van der Waals surface area contributed by atoms with E-state index in [4.69, 9.17) is 4.18 Å². The van der Waals surface area contributed by atoms with Crippen LogP contribution in [0.5, 0.6) is 5.75 Å². The van der Waals surface area contributed by atoms with Crippen LogP contribution >= 0.6 is 0 Å². The van der Waals surface area contributed by atoms with E-state index in [-0.39, 0.29) is 22.5 Å². The molecule has 3 aromatic carbocycles. The lowest BCUT2D eigenvalue weighted by molar-refractivity contribution is 0.0784. The summed E-state index contributed by atoms with van der Waals surface area (Å²) < 4.78 is 30.6. The fourth-order valence-corrected chi connectivity index (χ4v) is 4.52. The van der Waals surface area contributed by atoms with Crippen LogP contribution < -0.4 is 9.50 Å². The van der Waals surface area contributed by atoms with Gasteiger partial charge in [0.1, 0.15) is 10.6 Å². The van der Waals surface area contributed by atoms with Crippen molar-refractivity contribution in [2.75, 3.05) is 14.1 Å². The Kier molecular flexibility index (Phi) is 7.18. The monoisotopic (exact) mass is 466 g/mol. The number of hydrogen-bond donors (Lipinski definition) is 1. The predicted molar refractivity (Wildman–Crippen MR) is 126 cm³/mol. The third-order valence-electron chi connectivity index (χ3n) is 5.13. The van der Waals surface area contributed by atoms with Crippen LogP contribution in [0.1, 0.15) is 37.4 Å². The van der Waals surface area contributed by atoms with E-state index in [1.165, 1.54) is 29.2 Å². The molecule has 0 atom stereocenters. The Morgan fingerprint density at radius 1 is 0.909 bits per heavy atom. The first-order chi connectivity index (χ1) is 15.6. The van der Waals surface area contributed by atoms with Crippen molar-refractivity contribution in [3.63, 3.8) is 0 Å². The van der Waals surface area contributed by atoms with Crippen LogP contribution in [-0.4, -0.2) is 39.2 Å². The third-order valence-corrected chi connectivity index (χ3v) is 6.52. The van der Waals surface area contributed by atoms with Crippen molar-refractivity contribution in [3.8, 4) is 5.75 Å². The molecule has 0 bridgehead atoms. The summed E-state index contributed by atoms with van der Waals surface area (Å²) in [4.78, 5) is 26.1. The Morgan fingerprint density at radius 3 is 2.12 bits per heavy atom. The van der Waals surface area contributed by atoms with Gasteiger partial charge in [0.05, 0.1) is 0 Å². The van der Waals surface area contributed by atoms with Crippen LogP contribution in [-0.2, 0) is 16.7 Å². The highest BCUT2D eigenvalue weighted by atomic mass is 32.2. The van der Waals surface area contributed by atoms with Crippen molar-refractivity contribution in [1.29, 1.82) is 0 Å². The summed E-state index contributed by atoms with van der Waals surface area (Å²) >= 11 is 0. The van der Waals surface area contributed by atoms with Gasteiger partial charge in [-0.1, -0.05) is 24.3 Å². The summed E-state index contributed by atoms with van der Waals surface area (Å²) in [6, 6.07) is 18.1. The Morgan fingerprint density at radius 2 is 1.52 bits per heavy atom. The van der Waals surface area contributed by atoms with Crippen molar-refractivity contribution in [1.82, 2.24) is 10.2 Å². The first-order valence-corrected chi connectivity index (χ1v) is 11.7. The molecule has 7 nitrogen and oxygen atoms in total. The maximum Gasteiger partial charge on any atom is 0.339 e. The number of rotatable bonds is 7. The molecule has 0 spiro atoms. The quantitative estimate of drug-likeness (QED) is 0.536. The topological polar surface area (TPSA) is 92.8 Å². The molecule has 0 aromatic heterocycles. The number of nitrogens with one attached hydrogen (secondary N) is 1. The number of amides is 2. The van der Waals surface area contributed by atoms with E-state index >= 15 is 0 Å². The summed E-state index contributed by atoms with van der Waals surface area (Å²) in [5.41, 5.74) is 3.23. The Bertz CT molecular complexity index is 1270. The lowest BCUT2D eigenvalue weighted by Gasteiger charge is -2.18. The highest BCUT2D eigenvalue weighted by molar-refractivity contribution is 7.87. The molecular weight excluding hydrogens is 440 g/mol. The maximum atomic E-state index is 12.8. The molecule has 0 aliphatic rings. The van der Waals surface area contributed by atoms with E-state index in [1.54, 1.807) is 57.4 Å². The zero-order valence-corrected chi connectivity index (χ0v) is 19.8. The average molecular weight is 467 g/mol. The van der Waals surface area contributed by atoms with E-state index in [9.17, 15) is 18.0 Å². The molecule has 0 fully saturated rings. The molecule has 0 saturated carbocycles. The second-order valence-corrected chi connectivity index (χ2v) is 9.28. The molecule has 0 unspecified atom stereocenters. The van der Waals surface area contributed by atoms with E-state index in [1.807, 2.05) is 13.0 Å². The Hall–Kier alpha value is -3.65. The summed E-state index contributed by atoms with van der Waals surface area (Å²) in [7, 11) is -0.754. The zero-order valence-electron chi connectivity index (χ0n) is 19.0. The van der Waals surface area contributed by atoms with Gasteiger partial charge >= 0.3 is 10.1 Å². The second kappa shape index (κ2) is 9.87. The normalized spacial score (nSPS) is 11.0. The molecule has 0 radical (unpaired) electrons. The highest BCUT2D eigenvalue weighted by Crippen LogP contribution is 2.23. The minimum atomic E-state index is -3.99. The summed E-state index contributed by atoms with van der Waals surface area (Å²) in [5, 5.41) is 2.56. The van der Waals surface area contributed by atoms with E-state index < -0.39 is 10.1 Å². The van der Waals surface area contributed by atoms with Gasteiger partial charge in [0.15, 0.2) is 0 Å². The highest BCUT2D eigenvalue weighted by Gasteiger charge is 2.20. The number of hydrogen-bond acceptors (Lipinski definition) is 5. The van der Waals surface area contributed by atoms with Crippen LogP contribution in [0, 0.1) is 13.8 Å². The number of carbonyl (C=O) groups is 2. The minimum absolute atomic E-state index is 0.116. The van der Waals surface area contributed by atoms with Crippen molar-refractivity contribution < 1.29 is 22.2 Å². The Labute approximate surface area is 194 Å². The van der Waals surface area contributed by atoms with Gasteiger partial charge < -0.3 is 14.4 Å². The molecule has 1 N–H and O–H groups in total. The number of nitrogens with zero attached hydrogens (tertiary/aromatic N) is 1. The Balaban J connectivity index is 1.68. The summed E-state index contributed by atoms with van der Waals surface area (Å²) in [5.74, 6) is -0.276. The SMILES string of the molecule is CNC(=O)c1ccc(CN(C)C(=O)c2ccc(OS(=O)(=O)c3cc(C)ccc3C)cc2)cc1. The number of aryl methyl sites for hydroxylation is 2. The first-order valence-electron chi connectivity index (χ1n) is 10.3. The molecule has 0 aliphatic carbocycles. The molecule has 0 saturated heterocycles. The van der Waals surface area contributed by atoms with Crippen molar-refractivity contribution in [3.05, 3.63) is 94.5 Å². The predicted octanol–water partition coefficient (Wildman–Crippen LogP) is 3.70. The van der Waals surface area contributed by atoms with Gasteiger partial charge in [-0.2, -0.15) is 8.42 Å². The minimum Gasteiger partial charge on any atom is -0.379 e. The fraction of sp³-hybridized carbons (Fsp3) is 0.200. The van der Waals surface area contributed by atoms with Gasteiger partial charge in [-0.05, 0) is 73.0 Å². The van der Waals surface area contributed by atoms with Crippen molar-refractivity contribution in [2.24, 2.45) is 0 Å². The molecule has 0 heterocycles. The van der Waals surface area contributed by atoms with Gasteiger partial charge in [-0.15, -0.1) is 0 Å². The summed E-state index contributed by atoms with van der Waals surface area (Å²) in [6.45, 7) is 3.87. The molecule has 2 amide bonds. The molecule has 0 aliphatic heterocycles. The lowest BCUT2D eigenvalue weighted by atomic mass is 10.1.